The molecule has 5 nitrogen and oxygen atoms in total. The van der Waals surface area contributed by atoms with E-state index in [2.05, 4.69) is 12.7 Å². The minimum absolute atomic E-state index is 0.0389. The molecule has 0 radical (unpaired) electrons. The van der Waals surface area contributed by atoms with Gasteiger partial charge in [-0.3, -0.25) is 10.2 Å². The van der Waals surface area contributed by atoms with Crippen molar-refractivity contribution < 1.29 is 15.0 Å². The summed E-state index contributed by atoms with van der Waals surface area (Å²) in [6.45, 7) is 3.53. The molecular weight excluding hydrogens is 288 g/mol. The molecule has 1 aromatic carbocycles. The lowest BCUT2D eigenvalue weighted by molar-refractivity contribution is -0.102. The van der Waals surface area contributed by atoms with Crippen LogP contribution >= 0.6 is 11.8 Å². The van der Waals surface area contributed by atoms with Gasteiger partial charge in [-0.25, -0.2) is 0 Å². The molecule has 0 aliphatic heterocycles. The van der Waals surface area contributed by atoms with Gasteiger partial charge in [0.1, 0.15) is 5.71 Å². The number of carbonyl (C=O) groups excluding carboxylic acids is 1. The highest BCUT2D eigenvalue weighted by Gasteiger charge is 1.99. The predicted molar refractivity (Wildman–Crippen MR) is 89.2 cm³/mol. The molecule has 0 amide bonds. The number of aliphatic hydroxyl groups is 2. The Balaban J connectivity index is 0. The maximum Gasteiger partial charge on any atom is 0.168 e. The zero-order valence-electron chi connectivity index (χ0n) is 12.9. The van der Waals surface area contributed by atoms with Crippen molar-refractivity contribution in [1.29, 1.82) is 5.41 Å². The molecule has 6 heteroatoms. The van der Waals surface area contributed by atoms with Crippen LogP contribution in [0.3, 0.4) is 0 Å². The lowest BCUT2D eigenvalue weighted by Gasteiger charge is -2.00. The summed E-state index contributed by atoms with van der Waals surface area (Å²) in [5.41, 5.74) is 5.22. The molecule has 0 aliphatic rings. The maximum atomic E-state index is 10.3. The fraction of sp³-hybridized carbons (Fsp3) is 0.467. The van der Waals surface area contributed by atoms with E-state index >= 15 is 0 Å². The van der Waals surface area contributed by atoms with Gasteiger partial charge in [-0.05, 0) is 38.3 Å². The fourth-order valence-corrected chi connectivity index (χ4v) is 1.79. The van der Waals surface area contributed by atoms with E-state index in [1.54, 1.807) is 11.8 Å². The molecule has 0 saturated carbocycles. The van der Waals surface area contributed by atoms with Crippen molar-refractivity contribution in [3.8, 4) is 0 Å². The van der Waals surface area contributed by atoms with Crippen LogP contribution in [-0.2, 0) is 4.79 Å². The van der Waals surface area contributed by atoms with E-state index in [9.17, 15) is 4.79 Å². The number of aliphatic hydroxyl groups excluding tert-OH is 2. The molecular formula is C15H26N2O3S. The summed E-state index contributed by atoms with van der Waals surface area (Å²) in [4.78, 5) is 11.5. The average Bonchev–Trinajstić information content (AvgIpc) is 2.55. The highest BCUT2D eigenvalue weighted by atomic mass is 32.2. The Morgan fingerprint density at radius 2 is 1.86 bits per heavy atom. The first-order valence-electron chi connectivity index (χ1n) is 6.68. The maximum absolute atomic E-state index is 10.3. The van der Waals surface area contributed by atoms with Gasteiger partial charge < -0.3 is 15.9 Å². The molecule has 1 unspecified atom stereocenters. The van der Waals surface area contributed by atoms with Crippen LogP contribution in [-0.4, -0.2) is 47.7 Å². The van der Waals surface area contributed by atoms with Gasteiger partial charge in [-0.2, -0.15) is 0 Å². The minimum atomic E-state index is -0.560. The van der Waals surface area contributed by atoms with Crippen molar-refractivity contribution in [1.82, 2.24) is 0 Å². The second-order valence-electron chi connectivity index (χ2n) is 3.94. The van der Waals surface area contributed by atoms with Crippen LogP contribution in [0.25, 0.3) is 0 Å². The van der Waals surface area contributed by atoms with Crippen LogP contribution in [0.5, 0.6) is 0 Å². The Kier molecular flexibility index (Phi) is 16.0. The van der Waals surface area contributed by atoms with E-state index in [1.807, 2.05) is 24.3 Å². The molecule has 0 aromatic heterocycles. The first kappa shape index (κ1) is 22.1. The van der Waals surface area contributed by atoms with Gasteiger partial charge in [0.25, 0.3) is 0 Å². The fourth-order valence-electron chi connectivity index (χ4n) is 1.02. The molecule has 0 bridgehead atoms. The Morgan fingerprint density at radius 3 is 2.19 bits per heavy atom. The third-order valence-electron chi connectivity index (χ3n) is 2.02. The molecule has 0 spiro atoms. The number of nitrogens with two attached hydrogens (primary N) is 1. The van der Waals surface area contributed by atoms with Gasteiger partial charge >= 0.3 is 0 Å². The van der Waals surface area contributed by atoms with Crippen molar-refractivity contribution in [2.24, 2.45) is 5.73 Å². The Hall–Kier alpha value is -1.21. The molecule has 1 rings (SSSR count). The molecule has 1 atom stereocenters. The monoisotopic (exact) mass is 314 g/mol. The molecule has 0 heterocycles. The third kappa shape index (κ3) is 12.3. The van der Waals surface area contributed by atoms with E-state index in [0.29, 0.717) is 11.8 Å². The zero-order chi connectivity index (χ0) is 16.7. The van der Waals surface area contributed by atoms with Gasteiger partial charge in [-0.1, -0.05) is 19.1 Å². The SMILES string of the molecule is CC(O)CO.CCCSc1ccc(C(=N)C=O)cc1.CN. The Labute approximate surface area is 131 Å². The minimum Gasteiger partial charge on any atom is -0.394 e. The number of nitrogens with one attached hydrogen (secondary N) is 1. The second kappa shape index (κ2) is 15.2. The quantitative estimate of drug-likeness (QED) is 0.363. The number of benzene rings is 1. The van der Waals surface area contributed by atoms with E-state index in [1.165, 1.54) is 18.9 Å². The lowest BCUT2D eigenvalue weighted by Crippen LogP contribution is -2.03. The smallest absolute Gasteiger partial charge is 0.168 e. The average molecular weight is 314 g/mol. The molecule has 1 aromatic rings. The van der Waals surface area contributed by atoms with Crippen molar-refractivity contribution in [3.05, 3.63) is 29.8 Å². The van der Waals surface area contributed by atoms with Crippen LogP contribution in [0.1, 0.15) is 25.8 Å². The topological polar surface area (TPSA) is 107 Å². The van der Waals surface area contributed by atoms with Gasteiger partial charge in [0.05, 0.1) is 12.7 Å². The van der Waals surface area contributed by atoms with Crippen molar-refractivity contribution in [2.45, 2.75) is 31.3 Å². The highest BCUT2D eigenvalue weighted by molar-refractivity contribution is 7.99. The van der Waals surface area contributed by atoms with Crippen LogP contribution in [0.4, 0.5) is 0 Å². The summed E-state index contributed by atoms with van der Waals surface area (Å²) in [5.74, 6) is 1.10. The number of hydrogen-bond acceptors (Lipinski definition) is 6. The van der Waals surface area contributed by atoms with E-state index in [4.69, 9.17) is 15.6 Å². The number of aldehydes is 1. The molecule has 0 fully saturated rings. The van der Waals surface area contributed by atoms with E-state index < -0.39 is 6.10 Å². The third-order valence-corrected chi connectivity index (χ3v) is 3.24. The van der Waals surface area contributed by atoms with E-state index in [-0.39, 0.29) is 12.3 Å². The lowest BCUT2D eigenvalue weighted by atomic mass is 10.1. The zero-order valence-corrected chi connectivity index (χ0v) is 13.7. The molecule has 0 aliphatic carbocycles. The summed E-state index contributed by atoms with van der Waals surface area (Å²) in [5, 5.41) is 23.3. The largest absolute Gasteiger partial charge is 0.394 e. The molecule has 21 heavy (non-hydrogen) atoms. The van der Waals surface area contributed by atoms with Gasteiger partial charge in [0.15, 0.2) is 6.29 Å². The van der Waals surface area contributed by atoms with E-state index in [0.717, 1.165) is 12.2 Å². The Morgan fingerprint density at radius 1 is 1.38 bits per heavy atom. The first-order valence-corrected chi connectivity index (χ1v) is 7.67. The van der Waals surface area contributed by atoms with Crippen molar-refractivity contribution in [3.63, 3.8) is 0 Å². The van der Waals surface area contributed by atoms with Crippen LogP contribution < -0.4 is 5.73 Å². The summed E-state index contributed by atoms with van der Waals surface area (Å²) >= 11 is 1.79. The number of rotatable bonds is 6. The standard InChI is InChI=1S/C11H13NOS.C3H8O2.CH5N/c1-2-7-14-10-5-3-9(4-6-10)11(12)8-13;1-3(5)2-4;1-2/h3-6,8,12H,2,7H2,1H3;3-5H,2H2,1H3;2H2,1H3. The molecule has 120 valence electrons. The van der Waals surface area contributed by atoms with Crippen molar-refractivity contribution in [2.75, 3.05) is 19.4 Å². The summed E-state index contributed by atoms with van der Waals surface area (Å²) in [6, 6.07) is 7.53. The normalized spacial score (nSPS) is 10.4. The van der Waals surface area contributed by atoms with Gasteiger partial charge in [0, 0.05) is 10.5 Å². The number of carbonyl (C=O) groups is 1. The first-order chi connectivity index (χ1) is 10.0. The molecule has 5 N–H and O–H groups in total. The van der Waals surface area contributed by atoms with Gasteiger partial charge in [0.2, 0.25) is 0 Å². The second-order valence-corrected chi connectivity index (χ2v) is 5.10. The number of thioether (sulfide) groups is 1. The van der Waals surface area contributed by atoms with Gasteiger partial charge in [-0.15, -0.1) is 11.8 Å². The predicted octanol–water partition coefficient (Wildman–Crippen LogP) is 1.69. The van der Waals surface area contributed by atoms with Crippen LogP contribution in [0.15, 0.2) is 29.2 Å². The summed E-state index contributed by atoms with van der Waals surface area (Å²) in [6.07, 6.45) is 1.15. The summed E-state index contributed by atoms with van der Waals surface area (Å²) in [7, 11) is 1.50. The summed E-state index contributed by atoms with van der Waals surface area (Å²) < 4.78 is 0. The Bertz CT molecular complexity index is 381. The van der Waals surface area contributed by atoms with Crippen LogP contribution in [0, 0.1) is 5.41 Å². The van der Waals surface area contributed by atoms with Crippen LogP contribution in [0.2, 0.25) is 0 Å². The number of hydrogen-bond donors (Lipinski definition) is 4. The highest BCUT2D eigenvalue weighted by Crippen LogP contribution is 2.18. The van der Waals surface area contributed by atoms with Crippen molar-refractivity contribution >= 4 is 23.8 Å². The molecule has 0 saturated heterocycles.